The first-order valence-corrected chi connectivity index (χ1v) is 11.0. The molecule has 0 amide bonds. The van der Waals surface area contributed by atoms with Crippen molar-refractivity contribution in [2.75, 3.05) is 36.0 Å². The third-order valence-electron chi connectivity index (χ3n) is 5.31. The predicted octanol–water partition coefficient (Wildman–Crippen LogP) is 4.68. The molecule has 5 nitrogen and oxygen atoms in total. The van der Waals surface area contributed by atoms with E-state index in [1.54, 1.807) is 6.20 Å². The minimum atomic E-state index is -0.641. The summed E-state index contributed by atoms with van der Waals surface area (Å²) in [4.78, 5) is 8.91. The molecule has 0 saturated heterocycles. The Balaban J connectivity index is 1.66. The van der Waals surface area contributed by atoms with Gasteiger partial charge < -0.3 is 19.6 Å². The molecular weight excluding hydrogens is 386 g/mol. The molecule has 1 atom stereocenters. The molecule has 1 N–H and O–H groups in total. The average Bonchev–Trinajstić information content (AvgIpc) is 2.81. The highest BCUT2D eigenvalue weighted by atomic mass is 16.5. The zero-order chi connectivity index (χ0) is 22.1. The quantitative estimate of drug-likeness (QED) is 0.489. The fourth-order valence-electron chi connectivity index (χ4n) is 3.54. The summed E-state index contributed by atoms with van der Waals surface area (Å²) in [6.07, 6.45) is 1.14. The largest absolute Gasteiger partial charge is 0.491 e. The maximum Gasteiger partial charge on any atom is 0.128 e. The highest BCUT2D eigenvalue weighted by Crippen LogP contribution is 2.19. The first kappa shape index (κ1) is 22.6. The van der Waals surface area contributed by atoms with Gasteiger partial charge in [-0.1, -0.05) is 35.9 Å². The van der Waals surface area contributed by atoms with Crippen molar-refractivity contribution >= 4 is 11.5 Å². The molecule has 0 saturated carbocycles. The number of aryl methyl sites for hydroxylation is 1. The average molecular weight is 420 g/mol. The molecule has 0 aliphatic carbocycles. The minimum Gasteiger partial charge on any atom is -0.491 e. The van der Waals surface area contributed by atoms with Gasteiger partial charge in [-0.2, -0.15) is 0 Å². The zero-order valence-corrected chi connectivity index (χ0v) is 18.7. The molecule has 164 valence electrons. The van der Waals surface area contributed by atoms with Gasteiger partial charge in [0.05, 0.1) is 0 Å². The molecule has 1 unspecified atom stereocenters. The van der Waals surface area contributed by atoms with Crippen LogP contribution in [-0.4, -0.2) is 42.4 Å². The van der Waals surface area contributed by atoms with Crippen LogP contribution in [0.5, 0.6) is 5.75 Å². The summed E-state index contributed by atoms with van der Waals surface area (Å²) >= 11 is 0. The van der Waals surface area contributed by atoms with Crippen molar-refractivity contribution in [1.29, 1.82) is 0 Å². The third kappa shape index (κ3) is 6.72. The lowest BCUT2D eigenvalue weighted by atomic mass is 10.1. The number of hydrogen-bond donors (Lipinski definition) is 1. The first-order chi connectivity index (χ1) is 15.1. The lowest BCUT2D eigenvalue weighted by Gasteiger charge is -2.27. The number of anilines is 2. The molecule has 0 aliphatic heterocycles. The molecule has 1 aromatic heterocycles. The van der Waals surface area contributed by atoms with Gasteiger partial charge in [0.1, 0.15) is 24.3 Å². The monoisotopic (exact) mass is 419 g/mol. The molecule has 1 heterocycles. The highest BCUT2D eigenvalue weighted by molar-refractivity contribution is 5.48. The second-order valence-electron chi connectivity index (χ2n) is 7.69. The minimum absolute atomic E-state index is 0.229. The van der Waals surface area contributed by atoms with Crippen molar-refractivity contribution in [2.24, 2.45) is 0 Å². The highest BCUT2D eigenvalue weighted by Gasteiger charge is 2.15. The van der Waals surface area contributed by atoms with E-state index < -0.39 is 6.10 Å². The molecule has 3 aromatic rings. The Bertz CT molecular complexity index is 894. The Hall–Kier alpha value is -3.05. The van der Waals surface area contributed by atoms with Gasteiger partial charge in [0.25, 0.3) is 0 Å². The summed E-state index contributed by atoms with van der Waals surface area (Å²) in [5.41, 5.74) is 3.58. The number of pyridine rings is 1. The maximum absolute atomic E-state index is 10.7. The Morgan fingerprint density at radius 3 is 2.23 bits per heavy atom. The van der Waals surface area contributed by atoms with Crippen molar-refractivity contribution in [3.8, 4) is 5.75 Å². The maximum atomic E-state index is 10.7. The van der Waals surface area contributed by atoms with Crippen molar-refractivity contribution < 1.29 is 9.84 Å². The second-order valence-corrected chi connectivity index (χ2v) is 7.69. The van der Waals surface area contributed by atoms with Gasteiger partial charge in [-0.25, -0.2) is 4.98 Å². The number of benzene rings is 2. The van der Waals surface area contributed by atoms with E-state index in [1.807, 2.05) is 49.4 Å². The van der Waals surface area contributed by atoms with Crippen LogP contribution in [0.3, 0.4) is 0 Å². The van der Waals surface area contributed by atoms with Gasteiger partial charge in [-0.05, 0) is 62.7 Å². The number of ether oxygens (including phenoxy) is 1. The molecule has 0 aliphatic rings. The van der Waals surface area contributed by atoms with Crippen molar-refractivity contribution in [1.82, 2.24) is 4.98 Å². The van der Waals surface area contributed by atoms with Gasteiger partial charge in [-0.3, -0.25) is 0 Å². The Morgan fingerprint density at radius 2 is 1.61 bits per heavy atom. The van der Waals surface area contributed by atoms with Gasteiger partial charge in [0.15, 0.2) is 0 Å². The van der Waals surface area contributed by atoms with Crippen LogP contribution in [0.15, 0.2) is 72.9 Å². The van der Waals surface area contributed by atoms with Gasteiger partial charge in [-0.15, -0.1) is 0 Å². The van der Waals surface area contributed by atoms with Crippen LogP contribution in [0, 0.1) is 6.92 Å². The van der Waals surface area contributed by atoms with Crippen LogP contribution in [0.25, 0.3) is 0 Å². The van der Waals surface area contributed by atoms with Gasteiger partial charge in [0.2, 0.25) is 0 Å². The van der Waals surface area contributed by atoms with Crippen LogP contribution in [0.4, 0.5) is 11.5 Å². The molecule has 31 heavy (non-hydrogen) atoms. The zero-order valence-electron chi connectivity index (χ0n) is 18.7. The van der Waals surface area contributed by atoms with E-state index in [1.165, 1.54) is 16.8 Å². The molecule has 0 fully saturated rings. The van der Waals surface area contributed by atoms with Gasteiger partial charge >= 0.3 is 0 Å². The second kappa shape index (κ2) is 11.4. The molecule has 2 aromatic carbocycles. The predicted molar refractivity (Wildman–Crippen MR) is 128 cm³/mol. The Morgan fingerprint density at radius 1 is 0.903 bits per heavy atom. The van der Waals surface area contributed by atoms with E-state index in [4.69, 9.17) is 4.74 Å². The summed E-state index contributed by atoms with van der Waals surface area (Å²) < 4.78 is 5.77. The lowest BCUT2D eigenvalue weighted by molar-refractivity contribution is 0.112. The van der Waals surface area contributed by atoms with Crippen LogP contribution in [-0.2, 0) is 6.54 Å². The lowest BCUT2D eigenvalue weighted by Crippen LogP contribution is -2.35. The molecule has 0 spiro atoms. The first-order valence-electron chi connectivity index (χ1n) is 11.0. The SMILES string of the molecule is CCN(CC)c1ccc(CN(CC(O)COc2ccc(C)cc2)c2ccccn2)cc1. The molecular formula is C26H33N3O2. The third-order valence-corrected chi connectivity index (χ3v) is 5.31. The van der Waals surface area contributed by atoms with E-state index in [0.717, 1.165) is 24.7 Å². The van der Waals surface area contributed by atoms with Crippen molar-refractivity contribution in [3.63, 3.8) is 0 Å². The summed E-state index contributed by atoms with van der Waals surface area (Å²) in [6, 6.07) is 22.3. The van der Waals surface area contributed by atoms with Crippen LogP contribution in [0.2, 0.25) is 0 Å². The number of aliphatic hydroxyl groups excluding tert-OH is 1. The molecule has 0 radical (unpaired) electrons. The van der Waals surface area contributed by atoms with Crippen LogP contribution in [0.1, 0.15) is 25.0 Å². The fourth-order valence-corrected chi connectivity index (χ4v) is 3.54. The molecule has 0 bridgehead atoms. The van der Waals surface area contributed by atoms with Gasteiger partial charge in [0, 0.05) is 38.1 Å². The van der Waals surface area contributed by atoms with E-state index in [9.17, 15) is 5.11 Å². The van der Waals surface area contributed by atoms with Crippen molar-refractivity contribution in [3.05, 3.63) is 84.1 Å². The standard InChI is InChI=1S/C26H33N3O2/c1-4-28(5-2)23-13-11-22(12-14-23)18-29(26-8-6-7-17-27-26)19-24(30)20-31-25-15-9-21(3)10-16-25/h6-17,24,30H,4-5,18-20H2,1-3H3. The van der Waals surface area contributed by atoms with E-state index in [-0.39, 0.29) is 6.61 Å². The number of rotatable bonds is 11. The number of aliphatic hydroxyl groups is 1. The summed E-state index contributed by atoms with van der Waals surface area (Å²) in [7, 11) is 0. The smallest absolute Gasteiger partial charge is 0.128 e. The summed E-state index contributed by atoms with van der Waals surface area (Å²) in [5, 5.41) is 10.7. The Labute approximate surface area is 185 Å². The van der Waals surface area contributed by atoms with Crippen LogP contribution >= 0.6 is 0 Å². The van der Waals surface area contributed by atoms with E-state index in [2.05, 4.69) is 52.9 Å². The number of nitrogens with zero attached hydrogens (tertiary/aromatic N) is 3. The molecule has 3 rings (SSSR count). The Kier molecular flexibility index (Phi) is 8.30. The number of hydrogen-bond acceptors (Lipinski definition) is 5. The number of aromatic nitrogens is 1. The van der Waals surface area contributed by atoms with E-state index in [0.29, 0.717) is 13.1 Å². The van der Waals surface area contributed by atoms with Crippen molar-refractivity contribution in [2.45, 2.75) is 33.4 Å². The topological polar surface area (TPSA) is 48.8 Å². The fraction of sp³-hybridized carbons (Fsp3) is 0.346. The normalized spacial score (nSPS) is 11.7. The van der Waals surface area contributed by atoms with E-state index >= 15 is 0 Å². The molecule has 5 heteroatoms. The van der Waals surface area contributed by atoms with Crippen LogP contribution < -0.4 is 14.5 Å². The summed E-state index contributed by atoms with van der Waals surface area (Å²) in [5.74, 6) is 1.60. The summed E-state index contributed by atoms with van der Waals surface area (Å²) in [6.45, 7) is 9.68.